The van der Waals surface area contributed by atoms with E-state index in [0.717, 1.165) is 16.8 Å². The lowest BCUT2D eigenvalue weighted by Gasteiger charge is -2.27. The first-order chi connectivity index (χ1) is 12.2. The molecule has 3 rings (SSSR count). The van der Waals surface area contributed by atoms with Crippen molar-refractivity contribution in [1.82, 2.24) is 0 Å². The van der Waals surface area contributed by atoms with Crippen molar-refractivity contribution in [3.63, 3.8) is 0 Å². The normalized spacial score (nSPS) is 17.4. The van der Waals surface area contributed by atoms with Crippen molar-refractivity contribution in [2.45, 2.75) is 12.5 Å². The van der Waals surface area contributed by atoms with E-state index >= 15 is 0 Å². The first-order valence-electron chi connectivity index (χ1n) is 7.79. The summed E-state index contributed by atoms with van der Waals surface area (Å²) in [6.45, 7) is 0. The summed E-state index contributed by atoms with van der Waals surface area (Å²) >= 11 is 0. The van der Waals surface area contributed by atoms with Gasteiger partial charge in [0.1, 0.15) is 24.7 Å². The molecule has 25 heavy (non-hydrogen) atoms. The van der Waals surface area contributed by atoms with E-state index in [2.05, 4.69) is 5.16 Å². The van der Waals surface area contributed by atoms with Gasteiger partial charge in [-0.05, 0) is 29.8 Å². The predicted molar refractivity (Wildman–Crippen MR) is 92.3 cm³/mol. The minimum absolute atomic E-state index is 0.293. The van der Waals surface area contributed by atoms with Crippen LogP contribution in [0, 0.1) is 0 Å². The fourth-order valence-corrected chi connectivity index (χ4v) is 2.81. The van der Waals surface area contributed by atoms with Gasteiger partial charge in [0.15, 0.2) is 0 Å². The number of nitrogens with zero attached hydrogens (tertiary/aromatic N) is 1. The molecule has 2 aromatic carbocycles. The maximum atomic E-state index is 11.8. The summed E-state index contributed by atoms with van der Waals surface area (Å²) < 4.78 is 16.2. The fourth-order valence-electron chi connectivity index (χ4n) is 2.81. The smallest absolute Gasteiger partial charge is 0.337 e. The molecule has 1 heterocycles. The van der Waals surface area contributed by atoms with Crippen LogP contribution in [0.15, 0.2) is 47.6 Å². The van der Waals surface area contributed by atoms with Crippen molar-refractivity contribution in [1.29, 1.82) is 0 Å². The Morgan fingerprint density at radius 2 is 2.00 bits per heavy atom. The first-order valence-corrected chi connectivity index (χ1v) is 7.79. The van der Waals surface area contributed by atoms with Gasteiger partial charge in [0.25, 0.3) is 0 Å². The number of methoxy groups -OCH3 is 2. The van der Waals surface area contributed by atoms with E-state index in [4.69, 9.17) is 19.0 Å². The van der Waals surface area contributed by atoms with Crippen LogP contribution in [0.1, 0.15) is 34.0 Å². The van der Waals surface area contributed by atoms with Gasteiger partial charge >= 0.3 is 5.97 Å². The molecule has 0 radical (unpaired) electrons. The van der Waals surface area contributed by atoms with Crippen LogP contribution >= 0.6 is 0 Å². The maximum absolute atomic E-state index is 11.8. The number of oxime groups is 1. The zero-order valence-corrected chi connectivity index (χ0v) is 14.3. The van der Waals surface area contributed by atoms with Crippen molar-refractivity contribution in [3.8, 4) is 11.5 Å². The number of esters is 1. The molecule has 0 aromatic heterocycles. The molecule has 0 fully saturated rings. The van der Waals surface area contributed by atoms with E-state index < -0.39 is 0 Å². The topological polar surface area (TPSA) is 66.4 Å². The molecule has 0 aliphatic carbocycles. The second-order valence-corrected chi connectivity index (χ2v) is 5.51. The van der Waals surface area contributed by atoms with Crippen LogP contribution in [-0.4, -0.2) is 33.0 Å². The minimum Gasteiger partial charge on any atom is -0.497 e. The van der Waals surface area contributed by atoms with Gasteiger partial charge in [-0.1, -0.05) is 17.3 Å². The molecule has 0 saturated heterocycles. The van der Waals surface area contributed by atoms with E-state index in [1.54, 1.807) is 25.3 Å². The Hall–Kier alpha value is -3.02. The molecular formula is C19H19NO5. The quantitative estimate of drug-likeness (QED) is 0.630. The van der Waals surface area contributed by atoms with Crippen molar-refractivity contribution < 1.29 is 23.8 Å². The zero-order chi connectivity index (χ0) is 17.8. The Kier molecular flexibility index (Phi) is 4.88. The minimum atomic E-state index is -0.384. The molecule has 0 saturated carbocycles. The number of fused-ring (bicyclic) bond motifs is 1. The Morgan fingerprint density at radius 1 is 1.16 bits per heavy atom. The second kappa shape index (κ2) is 7.25. The SMILES string of the molecule is CON=C1CC(c2cccc(C(=O)OC)c2)Oc2cc(OC)ccc21. The summed E-state index contributed by atoms with van der Waals surface area (Å²) in [5, 5.41) is 4.13. The number of hydrogen-bond acceptors (Lipinski definition) is 6. The van der Waals surface area contributed by atoms with E-state index in [9.17, 15) is 4.79 Å². The number of rotatable bonds is 4. The lowest BCUT2D eigenvalue weighted by Crippen LogP contribution is -2.21. The molecule has 0 bridgehead atoms. The molecule has 130 valence electrons. The molecule has 0 spiro atoms. The summed E-state index contributed by atoms with van der Waals surface area (Å²) in [6, 6.07) is 12.8. The third kappa shape index (κ3) is 3.42. The van der Waals surface area contributed by atoms with E-state index in [0.29, 0.717) is 23.5 Å². The van der Waals surface area contributed by atoms with Crippen molar-refractivity contribution >= 4 is 11.7 Å². The highest BCUT2D eigenvalue weighted by Gasteiger charge is 2.28. The maximum Gasteiger partial charge on any atom is 0.337 e. The van der Waals surface area contributed by atoms with Crippen molar-refractivity contribution in [2.24, 2.45) is 5.16 Å². The highest BCUT2D eigenvalue weighted by Crippen LogP contribution is 2.37. The van der Waals surface area contributed by atoms with Gasteiger partial charge in [-0.25, -0.2) is 4.79 Å². The van der Waals surface area contributed by atoms with Gasteiger partial charge in [-0.2, -0.15) is 0 Å². The summed E-state index contributed by atoms with van der Waals surface area (Å²) in [5.74, 6) is 0.972. The predicted octanol–water partition coefficient (Wildman–Crippen LogP) is 3.36. The molecule has 2 aromatic rings. The summed E-state index contributed by atoms with van der Waals surface area (Å²) in [6.07, 6.45) is 0.232. The van der Waals surface area contributed by atoms with E-state index in [-0.39, 0.29) is 12.1 Å². The van der Waals surface area contributed by atoms with Crippen LogP contribution in [0.25, 0.3) is 0 Å². The van der Waals surface area contributed by atoms with Crippen LogP contribution in [0.2, 0.25) is 0 Å². The Labute approximate surface area is 146 Å². The number of ether oxygens (including phenoxy) is 3. The molecular weight excluding hydrogens is 322 g/mol. The molecule has 1 aliphatic rings. The highest BCUT2D eigenvalue weighted by atomic mass is 16.6. The fraction of sp³-hybridized carbons (Fsp3) is 0.263. The number of carbonyl (C=O) groups is 1. The average Bonchev–Trinajstić information content (AvgIpc) is 2.67. The van der Waals surface area contributed by atoms with Crippen LogP contribution in [0.5, 0.6) is 11.5 Å². The molecule has 1 atom stereocenters. The van der Waals surface area contributed by atoms with Crippen LogP contribution in [-0.2, 0) is 9.57 Å². The van der Waals surface area contributed by atoms with Gasteiger partial charge in [-0.3, -0.25) is 0 Å². The van der Waals surface area contributed by atoms with Crippen LogP contribution in [0.3, 0.4) is 0 Å². The molecule has 1 aliphatic heterocycles. The van der Waals surface area contributed by atoms with Gasteiger partial charge in [0.2, 0.25) is 0 Å². The molecule has 1 unspecified atom stereocenters. The number of hydrogen-bond donors (Lipinski definition) is 0. The first kappa shape index (κ1) is 16.8. The van der Waals surface area contributed by atoms with Crippen LogP contribution in [0.4, 0.5) is 0 Å². The molecule has 0 N–H and O–H groups in total. The third-order valence-electron chi connectivity index (χ3n) is 4.03. The lowest BCUT2D eigenvalue weighted by atomic mass is 9.94. The van der Waals surface area contributed by atoms with Gasteiger partial charge in [0.05, 0.1) is 25.5 Å². The average molecular weight is 341 g/mol. The van der Waals surface area contributed by atoms with Crippen molar-refractivity contribution in [3.05, 3.63) is 59.2 Å². The largest absolute Gasteiger partial charge is 0.497 e. The van der Waals surface area contributed by atoms with Gasteiger partial charge < -0.3 is 19.0 Å². The van der Waals surface area contributed by atoms with Gasteiger partial charge in [-0.15, -0.1) is 0 Å². The summed E-state index contributed by atoms with van der Waals surface area (Å²) in [5.41, 5.74) is 2.98. The summed E-state index contributed by atoms with van der Waals surface area (Å²) in [4.78, 5) is 16.8. The van der Waals surface area contributed by atoms with Crippen molar-refractivity contribution in [2.75, 3.05) is 21.3 Å². The van der Waals surface area contributed by atoms with E-state index in [1.165, 1.54) is 14.2 Å². The monoisotopic (exact) mass is 341 g/mol. The Bertz CT molecular complexity index is 815. The van der Waals surface area contributed by atoms with Crippen LogP contribution < -0.4 is 9.47 Å². The number of carbonyl (C=O) groups excluding carboxylic acids is 1. The van der Waals surface area contributed by atoms with Gasteiger partial charge in [0, 0.05) is 18.1 Å². The standard InChI is InChI=1S/C19H19NO5/c1-22-14-7-8-15-16(20-24-3)11-17(25-18(15)10-14)12-5-4-6-13(9-12)19(21)23-2/h4-10,17H,11H2,1-3H3. The lowest BCUT2D eigenvalue weighted by molar-refractivity contribution is 0.0600. The second-order valence-electron chi connectivity index (χ2n) is 5.51. The third-order valence-corrected chi connectivity index (χ3v) is 4.03. The molecule has 0 amide bonds. The van der Waals surface area contributed by atoms with E-state index in [1.807, 2.05) is 24.3 Å². The molecule has 6 heteroatoms. The Balaban J connectivity index is 1.99. The molecule has 6 nitrogen and oxygen atoms in total. The number of benzene rings is 2. The zero-order valence-electron chi connectivity index (χ0n) is 14.3. The highest BCUT2D eigenvalue weighted by molar-refractivity contribution is 6.04. The Morgan fingerprint density at radius 3 is 2.72 bits per heavy atom. The summed E-state index contributed by atoms with van der Waals surface area (Å²) in [7, 11) is 4.47.